The van der Waals surface area contributed by atoms with Gasteiger partial charge in [-0.3, -0.25) is 4.79 Å². The predicted molar refractivity (Wildman–Crippen MR) is 71.7 cm³/mol. The molecular weight excluding hydrogens is 228 g/mol. The summed E-state index contributed by atoms with van der Waals surface area (Å²) in [7, 11) is 0. The maximum Gasteiger partial charge on any atom is 0.221 e. The van der Waals surface area contributed by atoms with Crippen molar-refractivity contribution in [1.82, 2.24) is 0 Å². The van der Waals surface area contributed by atoms with Gasteiger partial charge in [0.15, 0.2) is 0 Å². The number of rotatable bonds is 2. The molecule has 1 aromatic carbocycles. The molecule has 96 valence electrons. The first kappa shape index (κ1) is 12.7. The highest BCUT2D eigenvalue weighted by molar-refractivity contribution is 5.91. The van der Waals surface area contributed by atoms with Crippen LogP contribution in [0.15, 0.2) is 11.2 Å². The van der Waals surface area contributed by atoms with Gasteiger partial charge in [0.25, 0.3) is 0 Å². The normalized spacial score (nSPS) is 21.6. The van der Waals surface area contributed by atoms with E-state index in [1.54, 1.807) is 0 Å². The molecule has 1 amide bonds. The van der Waals surface area contributed by atoms with E-state index in [1.165, 1.54) is 6.92 Å². The second kappa shape index (κ2) is 4.19. The Morgan fingerprint density at radius 1 is 1.44 bits per heavy atom. The van der Waals surface area contributed by atoms with E-state index in [4.69, 9.17) is 0 Å². The molecule has 0 bridgehead atoms. The van der Waals surface area contributed by atoms with Gasteiger partial charge in [0.2, 0.25) is 5.91 Å². The van der Waals surface area contributed by atoms with Crippen LogP contribution >= 0.6 is 0 Å². The molecule has 4 nitrogen and oxygen atoms in total. The Morgan fingerprint density at radius 2 is 2.11 bits per heavy atom. The van der Waals surface area contributed by atoms with E-state index < -0.39 is 5.54 Å². The Balaban J connectivity index is 2.60. The molecule has 0 saturated heterocycles. The first-order chi connectivity index (χ1) is 8.39. The van der Waals surface area contributed by atoms with E-state index in [1.807, 2.05) is 26.8 Å². The average Bonchev–Trinajstić information content (AvgIpc) is 2.63. The molecule has 0 aromatic heterocycles. The summed E-state index contributed by atoms with van der Waals surface area (Å²) in [5.74, 6) is -0.0737. The van der Waals surface area contributed by atoms with Crippen LogP contribution in [0, 0.1) is 18.8 Å². The number of amides is 1. The number of benzene rings is 1. The fraction of sp³-hybridized carbons (Fsp3) is 0.500. The van der Waals surface area contributed by atoms with Gasteiger partial charge in [-0.25, -0.2) is 0 Å². The third kappa shape index (κ3) is 1.82. The van der Waals surface area contributed by atoms with Crippen LogP contribution in [0.25, 0.3) is 0 Å². The molecule has 1 aliphatic carbocycles. The molecule has 0 spiro atoms. The number of aryl methyl sites for hydroxylation is 1. The summed E-state index contributed by atoms with van der Waals surface area (Å²) in [4.78, 5) is 22.3. The molecule has 18 heavy (non-hydrogen) atoms. The van der Waals surface area contributed by atoms with Crippen LogP contribution in [0.5, 0.6) is 0 Å². The van der Waals surface area contributed by atoms with Crippen LogP contribution in [-0.2, 0) is 16.8 Å². The number of hydrogen-bond acceptors (Lipinski definition) is 3. The summed E-state index contributed by atoms with van der Waals surface area (Å²) in [5.41, 5.74) is 4.48. The highest BCUT2D eigenvalue weighted by Gasteiger charge is 2.37. The van der Waals surface area contributed by atoms with Crippen molar-refractivity contribution in [2.24, 2.45) is 5.18 Å². The van der Waals surface area contributed by atoms with Gasteiger partial charge in [-0.05, 0) is 55.9 Å². The van der Waals surface area contributed by atoms with Crippen molar-refractivity contribution in [3.63, 3.8) is 0 Å². The lowest BCUT2D eigenvalue weighted by Crippen LogP contribution is -2.15. The standard InChI is InChI=1S/C14H18N2O2/c1-8-7-12-11(5-6-14(12,4)16-18)9(2)13(8)15-10(3)17/h7H,5-6H2,1-4H3,(H,15,17). The Bertz CT molecular complexity index is 537. The summed E-state index contributed by atoms with van der Waals surface area (Å²) in [6.07, 6.45) is 1.59. The van der Waals surface area contributed by atoms with Gasteiger partial charge in [-0.2, -0.15) is 0 Å². The Hall–Kier alpha value is -1.71. The minimum absolute atomic E-state index is 0.0737. The average molecular weight is 246 g/mol. The Kier molecular flexibility index (Phi) is 2.97. The van der Waals surface area contributed by atoms with E-state index in [2.05, 4.69) is 10.5 Å². The molecule has 2 rings (SSSR count). The van der Waals surface area contributed by atoms with Gasteiger partial charge in [0, 0.05) is 12.6 Å². The summed E-state index contributed by atoms with van der Waals surface area (Å²) >= 11 is 0. The number of nitrogens with one attached hydrogen (secondary N) is 1. The number of nitrogens with zero attached hydrogens (tertiary/aromatic N) is 1. The van der Waals surface area contributed by atoms with E-state index in [0.29, 0.717) is 0 Å². The molecule has 0 aliphatic heterocycles. The number of nitroso groups, excluding NO2 is 1. The maximum absolute atomic E-state index is 11.2. The quantitative estimate of drug-likeness (QED) is 0.815. The second-order valence-corrected chi connectivity index (χ2v) is 5.27. The molecule has 1 N–H and O–H groups in total. The van der Waals surface area contributed by atoms with Gasteiger partial charge in [0.1, 0.15) is 5.54 Å². The third-order valence-electron chi connectivity index (χ3n) is 3.85. The molecule has 0 saturated carbocycles. The number of carbonyl (C=O) groups excluding carboxylic acids is 1. The van der Waals surface area contributed by atoms with Gasteiger partial charge >= 0.3 is 0 Å². The highest BCUT2D eigenvalue weighted by atomic mass is 16.3. The first-order valence-electron chi connectivity index (χ1n) is 6.14. The monoisotopic (exact) mass is 246 g/mol. The first-order valence-corrected chi connectivity index (χ1v) is 6.14. The summed E-state index contributed by atoms with van der Waals surface area (Å²) < 4.78 is 0. The topological polar surface area (TPSA) is 58.5 Å². The van der Waals surface area contributed by atoms with Crippen LogP contribution in [0.3, 0.4) is 0 Å². The van der Waals surface area contributed by atoms with Crippen LogP contribution in [0.2, 0.25) is 0 Å². The SMILES string of the molecule is CC(=O)Nc1c(C)cc2c(c1C)CCC2(C)N=O. The Labute approximate surface area is 107 Å². The van der Waals surface area contributed by atoms with Gasteiger partial charge in [-0.1, -0.05) is 11.2 Å². The molecule has 0 heterocycles. The zero-order valence-corrected chi connectivity index (χ0v) is 11.3. The van der Waals surface area contributed by atoms with Crippen molar-refractivity contribution in [2.75, 3.05) is 5.32 Å². The van der Waals surface area contributed by atoms with Crippen molar-refractivity contribution >= 4 is 11.6 Å². The van der Waals surface area contributed by atoms with E-state index in [-0.39, 0.29) is 5.91 Å². The predicted octanol–water partition coefficient (Wildman–Crippen LogP) is 3.19. The molecule has 1 unspecified atom stereocenters. The fourth-order valence-electron chi connectivity index (χ4n) is 2.79. The number of anilines is 1. The summed E-state index contributed by atoms with van der Waals surface area (Å²) in [6.45, 7) is 7.32. The van der Waals surface area contributed by atoms with Crippen molar-refractivity contribution in [3.8, 4) is 0 Å². The van der Waals surface area contributed by atoms with Crippen molar-refractivity contribution in [2.45, 2.75) is 46.1 Å². The van der Waals surface area contributed by atoms with Crippen molar-refractivity contribution in [3.05, 3.63) is 33.2 Å². The number of hydrogen-bond donors (Lipinski definition) is 1. The molecule has 1 aliphatic rings. The van der Waals surface area contributed by atoms with E-state index >= 15 is 0 Å². The smallest absolute Gasteiger partial charge is 0.221 e. The molecule has 1 atom stereocenters. The summed E-state index contributed by atoms with van der Waals surface area (Å²) in [6, 6.07) is 1.99. The lowest BCUT2D eigenvalue weighted by molar-refractivity contribution is -0.114. The van der Waals surface area contributed by atoms with Crippen LogP contribution in [0.4, 0.5) is 5.69 Å². The van der Waals surface area contributed by atoms with Gasteiger partial charge in [-0.15, -0.1) is 4.91 Å². The molecule has 1 aromatic rings. The molecule has 0 fully saturated rings. The van der Waals surface area contributed by atoms with Crippen molar-refractivity contribution < 1.29 is 4.79 Å². The minimum Gasteiger partial charge on any atom is -0.326 e. The van der Waals surface area contributed by atoms with Crippen LogP contribution < -0.4 is 5.32 Å². The Morgan fingerprint density at radius 3 is 2.67 bits per heavy atom. The van der Waals surface area contributed by atoms with E-state index in [0.717, 1.165) is 40.8 Å². The van der Waals surface area contributed by atoms with Gasteiger partial charge in [0.05, 0.1) is 0 Å². The van der Waals surface area contributed by atoms with E-state index in [9.17, 15) is 9.70 Å². The van der Waals surface area contributed by atoms with Crippen molar-refractivity contribution in [1.29, 1.82) is 0 Å². The number of carbonyl (C=O) groups is 1. The lowest BCUT2D eigenvalue weighted by Gasteiger charge is -2.19. The van der Waals surface area contributed by atoms with Crippen LogP contribution in [0.1, 0.15) is 42.5 Å². The summed E-state index contributed by atoms with van der Waals surface area (Å²) in [5, 5.41) is 6.17. The maximum atomic E-state index is 11.2. The molecule has 4 heteroatoms. The van der Waals surface area contributed by atoms with Gasteiger partial charge < -0.3 is 5.32 Å². The third-order valence-corrected chi connectivity index (χ3v) is 3.85. The fourth-order valence-corrected chi connectivity index (χ4v) is 2.79. The highest BCUT2D eigenvalue weighted by Crippen LogP contribution is 2.43. The second-order valence-electron chi connectivity index (χ2n) is 5.27. The number of fused-ring (bicyclic) bond motifs is 1. The zero-order valence-electron chi connectivity index (χ0n) is 11.3. The molecule has 0 radical (unpaired) electrons. The minimum atomic E-state index is -0.612. The zero-order chi connectivity index (χ0) is 13.5. The van der Waals surface area contributed by atoms with Crippen LogP contribution in [-0.4, -0.2) is 5.91 Å². The largest absolute Gasteiger partial charge is 0.326 e. The molecular formula is C14H18N2O2. The lowest BCUT2D eigenvalue weighted by atomic mass is 9.91.